The van der Waals surface area contributed by atoms with Crippen molar-refractivity contribution in [2.24, 2.45) is 0 Å². The second-order valence-electron chi connectivity index (χ2n) is 8.90. The number of rotatable bonds is 8. The third-order valence-corrected chi connectivity index (χ3v) is 7.04. The number of H-pyrrole nitrogens is 1. The second-order valence-corrected chi connectivity index (χ2v) is 10.2. The van der Waals surface area contributed by atoms with Gasteiger partial charge in [0.25, 0.3) is 11.1 Å². The number of nitrogens with two attached hydrogens (primary N) is 2. The van der Waals surface area contributed by atoms with Gasteiger partial charge < -0.3 is 17.0 Å². The van der Waals surface area contributed by atoms with E-state index in [1.54, 1.807) is 6.07 Å². The van der Waals surface area contributed by atoms with Crippen LogP contribution in [-0.4, -0.2) is 41.4 Å². The van der Waals surface area contributed by atoms with Crippen molar-refractivity contribution in [1.29, 1.82) is 0 Å². The second kappa shape index (κ2) is 14.7. The quantitative estimate of drug-likeness (QED) is 0.114. The molecule has 0 saturated carbocycles. The van der Waals surface area contributed by atoms with Gasteiger partial charge in [-0.05, 0) is 35.5 Å². The van der Waals surface area contributed by atoms with Crippen molar-refractivity contribution in [2.75, 3.05) is 22.8 Å². The Labute approximate surface area is 253 Å². The minimum Gasteiger partial charge on any atom is -0.334 e. The zero-order chi connectivity index (χ0) is 30.8. The molecule has 0 spiro atoms. The first-order valence-corrected chi connectivity index (χ1v) is 14.1. The molecular weight excluding hydrogens is 594 g/mol. The smallest absolute Gasteiger partial charge is 0.295 e. The Balaban J connectivity index is 0.000000225. The van der Waals surface area contributed by atoms with Crippen LogP contribution in [0.1, 0.15) is 22.5 Å². The molecule has 220 valence electrons. The molecule has 43 heavy (non-hydrogen) atoms. The molecule has 6 N–H and O–H groups in total. The van der Waals surface area contributed by atoms with Crippen molar-refractivity contribution >= 4 is 35.6 Å². The first-order chi connectivity index (χ1) is 20.7. The highest BCUT2D eigenvalue weighted by Gasteiger charge is 2.14. The number of amides is 1. The van der Waals surface area contributed by atoms with E-state index in [4.69, 9.17) is 23.9 Å². The maximum Gasteiger partial charge on any atom is 0.295 e. The van der Waals surface area contributed by atoms with Crippen molar-refractivity contribution in [3.63, 3.8) is 0 Å². The monoisotopic (exact) mass is 619 g/mol. The maximum absolute atomic E-state index is 13.5. The lowest BCUT2D eigenvalue weighted by molar-refractivity contribution is -0.113. The summed E-state index contributed by atoms with van der Waals surface area (Å²) in [6, 6.07) is 24.8. The molecule has 0 radical (unpaired) electrons. The van der Waals surface area contributed by atoms with Crippen molar-refractivity contribution in [1.82, 2.24) is 29.7 Å². The average Bonchev–Trinajstić information content (AvgIpc) is 3.02. The van der Waals surface area contributed by atoms with Gasteiger partial charge in [0.15, 0.2) is 0 Å². The van der Waals surface area contributed by atoms with Crippen LogP contribution >= 0.6 is 24.0 Å². The summed E-state index contributed by atoms with van der Waals surface area (Å²) in [6.45, 7) is 0. The fourth-order valence-corrected chi connectivity index (χ4v) is 4.43. The van der Waals surface area contributed by atoms with Gasteiger partial charge in [0.2, 0.25) is 15.8 Å². The molecule has 0 saturated heterocycles. The molecule has 0 bridgehead atoms. The Morgan fingerprint density at radius 3 is 2.02 bits per heavy atom. The number of aromatic amines is 1. The van der Waals surface area contributed by atoms with E-state index in [1.807, 2.05) is 60.7 Å². The van der Waals surface area contributed by atoms with Crippen LogP contribution in [0.15, 0.2) is 99.7 Å². The fourth-order valence-electron chi connectivity index (χ4n) is 3.65. The molecular formula is C28H26FN9O3S2. The number of nitrogens with one attached hydrogen (secondary N) is 2. The van der Waals surface area contributed by atoms with Crippen LogP contribution in [-0.2, 0) is 17.6 Å². The Morgan fingerprint density at radius 2 is 1.40 bits per heavy atom. The molecule has 2 aromatic heterocycles. The molecule has 15 heteroatoms. The molecule has 5 rings (SSSR count). The zero-order valence-electron chi connectivity index (χ0n) is 22.5. The van der Waals surface area contributed by atoms with Crippen LogP contribution in [0.4, 0.5) is 10.1 Å². The van der Waals surface area contributed by atoms with Crippen LogP contribution in [0.25, 0.3) is 0 Å². The summed E-state index contributed by atoms with van der Waals surface area (Å²) < 4.78 is 15.4. The molecule has 0 aliphatic carbocycles. The Bertz CT molecular complexity index is 1880. The van der Waals surface area contributed by atoms with Gasteiger partial charge in [-0.2, -0.15) is 14.5 Å². The van der Waals surface area contributed by atoms with Gasteiger partial charge in [0, 0.05) is 12.8 Å². The van der Waals surface area contributed by atoms with Gasteiger partial charge in [-0.15, -0.1) is 10.2 Å². The number of nitrogen functional groups attached to an aromatic ring is 2. The molecule has 0 fully saturated rings. The summed E-state index contributed by atoms with van der Waals surface area (Å²) in [5.41, 5.74) is 1.70. The first kappa shape index (κ1) is 30.8. The van der Waals surface area contributed by atoms with Crippen LogP contribution in [0.2, 0.25) is 0 Å². The van der Waals surface area contributed by atoms with Gasteiger partial charge in [0.1, 0.15) is 17.2 Å². The van der Waals surface area contributed by atoms with Crippen molar-refractivity contribution in [2.45, 2.75) is 18.0 Å². The van der Waals surface area contributed by atoms with Gasteiger partial charge in [0.05, 0.1) is 11.4 Å². The summed E-state index contributed by atoms with van der Waals surface area (Å²) in [5.74, 6) is 10.2. The average molecular weight is 620 g/mol. The Kier molecular flexibility index (Phi) is 10.5. The predicted molar refractivity (Wildman–Crippen MR) is 165 cm³/mol. The summed E-state index contributed by atoms with van der Waals surface area (Å²) in [5, 5.41) is 16.8. The van der Waals surface area contributed by atoms with Gasteiger partial charge in [-0.3, -0.25) is 19.5 Å². The highest BCUT2D eigenvalue weighted by Crippen LogP contribution is 2.16. The predicted octanol–water partition coefficient (Wildman–Crippen LogP) is 2.42. The standard InChI is InChI=1S/C18H16FN5O2S.C10H10N4OS/c19-13-8-4-5-9-14(13)21-16(25)11-27-18-23-22-15(17(26)24(18)20)10-12-6-2-1-3-7-12;11-14-9(15)8(12-13-10(14)16)6-7-4-2-1-3-5-7/h1-9H,10-11,20H2,(H,21,25);1-5H,6,11H2,(H,13,16). The van der Waals surface area contributed by atoms with E-state index in [9.17, 15) is 18.8 Å². The minimum absolute atomic E-state index is 0.0810. The maximum atomic E-state index is 13.5. The zero-order valence-corrected chi connectivity index (χ0v) is 24.1. The highest BCUT2D eigenvalue weighted by atomic mass is 32.2. The summed E-state index contributed by atoms with van der Waals surface area (Å²) in [6.07, 6.45) is 0.742. The molecule has 0 unspecified atom stereocenters. The van der Waals surface area contributed by atoms with Crippen LogP contribution in [0.5, 0.6) is 0 Å². The molecule has 5 aromatic rings. The van der Waals surface area contributed by atoms with Crippen LogP contribution in [0.3, 0.4) is 0 Å². The number of benzene rings is 3. The molecule has 3 aromatic carbocycles. The lowest BCUT2D eigenvalue weighted by Gasteiger charge is -2.08. The number of nitrogens with zero attached hydrogens (tertiary/aromatic N) is 5. The summed E-state index contributed by atoms with van der Waals surface area (Å²) in [7, 11) is 0. The molecule has 2 heterocycles. The first-order valence-electron chi connectivity index (χ1n) is 12.7. The molecule has 0 aliphatic heterocycles. The number of hydrogen-bond acceptors (Lipinski definition) is 10. The van der Waals surface area contributed by atoms with E-state index in [-0.39, 0.29) is 32.6 Å². The summed E-state index contributed by atoms with van der Waals surface area (Å²) >= 11 is 5.72. The number of carbonyl (C=O) groups excluding carboxylic acids is 1. The van der Waals surface area contributed by atoms with E-state index in [1.165, 1.54) is 18.2 Å². The van der Waals surface area contributed by atoms with E-state index in [0.717, 1.165) is 32.2 Å². The number of anilines is 1. The van der Waals surface area contributed by atoms with E-state index < -0.39 is 17.3 Å². The van der Waals surface area contributed by atoms with E-state index in [0.29, 0.717) is 18.5 Å². The van der Waals surface area contributed by atoms with Crippen molar-refractivity contribution in [3.05, 3.63) is 139 Å². The number of halogens is 1. The number of thioether (sulfide) groups is 1. The van der Waals surface area contributed by atoms with Gasteiger partial charge in [-0.25, -0.2) is 4.39 Å². The molecule has 12 nitrogen and oxygen atoms in total. The minimum atomic E-state index is -0.531. The lowest BCUT2D eigenvalue weighted by atomic mass is 10.1. The molecule has 1 amide bonds. The van der Waals surface area contributed by atoms with Crippen LogP contribution < -0.4 is 28.1 Å². The van der Waals surface area contributed by atoms with E-state index >= 15 is 0 Å². The number of hydrogen-bond donors (Lipinski definition) is 4. The van der Waals surface area contributed by atoms with Crippen molar-refractivity contribution in [3.8, 4) is 0 Å². The Morgan fingerprint density at radius 1 is 0.837 bits per heavy atom. The number of carbonyl (C=O) groups is 1. The van der Waals surface area contributed by atoms with Crippen LogP contribution in [0, 0.1) is 10.6 Å². The number of aromatic nitrogens is 6. The SMILES string of the molecule is Nn1c(=S)[nH]nc(Cc2ccccc2)c1=O.Nn1c(SCC(=O)Nc2ccccc2F)nnc(Cc2ccccc2)c1=O. The normalized spacial score (nSPS) is 10.4. The molecule has 0 aliphatic rings. The number of para-hydroxylation sites is 1. The fraction of sp³-hybridized carbons (Fsp3) is 0.107. The van der Waals surface area contributed by atoms with Gasteiger partial charge >= 0.3 is 0 Å². The van der Waals surface area contributed by atoms with E-state index in [2.05, 4.69) is 25.7 Å². The largest absolute Gasteiger partial charge is 0.334 e. The van der Waals surface area contributed by atoms with Crippen molar-refractivity contribution < 1.29 is 9.18 Å². The summed E-state index contributed by atoms with van der Waals surface area (Å²) in [4.78, 5) is 36.0. The topological polar surface area (TPSA) is 180 Å². The van der Waals surface area contributed by atoms with Gasteiger partial charge in [-0.1, -0.05) is 84.6 Å². The highest BCUT2D eigenvalue weighted by molar-refractivity contribution is 7.99. The Hall–Kier alpha value is -5.15. The lowest BCUT2D eigenvalue weighted by Crippen LogP contribution is -2.34. The third-order valence-electron chi connectivity index (χ3n) is 5.81. The molecule has 0 atom stereocenters. The third kappa shape index (κ3) is 8.43.